The van der Waals surface area contributed by atoms with Crippen molar-refractivity contribution in [1.29, 1.82) is 0 Å². The van der Waals surface area contributed by atoms with Crippen LogP contribution in [0.25, 0.3) is 0 Å². The van der Waals surface area contributed by atoms with Crippen LogP contribution in [-0.4, -0.2) is 25.7 Å². The zero-order chi connectivity index (χ0) is 13.1. The lowest BCUT2D eigenvalue weighted by Crippen LogP contribution is -2.47. The highest BCUT2D eigenvalue weighted by Crippen LogP contribution is 2.31. The molecule has 0 amide bonds. The summed E-state index contributed by atoms with van der Waals surface area (Å²) in [5, 5.41) is 7.00. The molecule has 4 nitrogen and oxygen atoms in total. The fraction of sp³-hybridized carbons (Fsp3) is 0.533. The zero-order valence-electron chi connectivity index (χ0n) is 11.4. The van der Waals surface area contributed by atoms with Crippen LogP contribution in [0.4, 0.5) is 0 Å². The third-order valence-corrected chi connectivity index (χ3v) is 3.94. The maximum Gasteiger partial charge on any atom is 0.191 e. The summed E-state index contributed by atoms with van der Waals surface area (Å²) in [7, 11) is 1.83. The predicted octanol–water partition coefficient (Wildman–Crippen LogP) is 2.23. The molecule has 0 spiro atoms. The summed E-state index contributed by atoms with van der Waals surface area (Å²) in [6.07, 6.45) is 4.81. The van der Waals surface area contributed by atoms with Gasteiger partial charge in [-0.1, -0.05) is 18.2 Å². The number of hydrogen-bond acceptors (Lipinski definition) is 2. The number of ether oxygens (including phenoxy) is 1. The fourth-order valence-corrected chi connectivity index (χ4v) is 2.57. The van der Waals surface area contributed by atoms with Crippen molar-refractivity contribution in [3.63, 3.8) is 0 Å². The average Bonchev–Trinajstić information content (AvgIpc) is 2.41. The number of nitrogens with zero attached hydrogens (tertiary/aromatic N) is 1. The monoisotopic (exact) mass is 259 g/mol. The normalized spacial score (nSPS) is 23.0. The molecule has 102 valence electrons. The van der Waals surface area contributed by atoms with Crippen molar-refractivity contribution in [2.24, 2.45) is 4.99 Å². The number of rotatable bonds is 2. The Labute approximate surface area is 114 Å². The van der Waals surface area contributed by atoms with Crippen LogP contribution in [0.15, 0.2) is 29.3 Å². The van der Waals surface area contributed by atoms with Gasteiger partial charge in [0.05, 0.1) is 12.6 Å². The minimum absolute atomic E-state index is 0.288. The van der Waals surface area contributed by atoms with E-state index >= 15 is 0 Å². The van der Waals surface area contributed by atoms with Gasteiger partial charge in [0, 0.05) is 25.1 Å². The van der Waals surface area contributed by atoms with E-state index < -0.39 is 0 Å². The molecular weight excluding hydrogens is 238 g/mol. The van der Waals surface area contributed by atoms with Gasteiger partial charge in [-0.05, 0) is 25.3 Å². The summed E-state index contributed by atoms with van der Waals surface area (Å²) >= 11 is 0. The molecule has 1 heterocycles. The number of fused-ring (bicyclic) bond motifs is 1. The second kappa shape index (κ2) is 5.51. The van der Waals surface area contributed by atoms with Crippen LogP contribution < -0.4 is 15.4 Å². The molecule has 19 heavy (non-hydrogen) atoms. The number of hydrogen-bond donors (Lipinski definition) is 2. The van der Waals surface area contributed by atoms with E-state index in [2.05, 4.69) is 27.8 Å². The summed E-state index contributed by atoms with van der Waals surface area (Å²) in [5.41, 5.74) is 1.23. The summed E-state index contributed by atoms with van der Waals surface area (Å²) in [4.78, 5) is 4.33. The largest absolute Gasteiger partial charge is 0.493 e. The highest BCUT2D eigenvalue weighted by molar-refractivity contribution is 5.80. The van der Waals surface area contributed by atoms with E-state index in [4.69, 9.17) is 4.74 Å². The predicted molar refractivity (Wildman–Crippen MR) is 76.6 cm³/mol. The molecular formula is C15H21N3O. The molecule has 0 bridgehead atoms. The molecule has 2 aliphatic rings. The van der Waals surface area contributed by atoms with Crippen molar-refractivity contribution in [3.8, 4) is 5.75 Å². The lowest BCUT2D eigenvalue weighted by Gasteiger charge is -2.32. The molecule has 1 aliphatic carbocycles. The second-order valence-electron chi connectivity index (χ2n) is 5.22. The van der Waals surface area contributed by atoms with Gasteiger partial charge in [0.25, 0.3) is 0 Å². The SMILES string of the molecule is CN=C(NC1CCC1)NC1CCOc2ccccc21. The minimum atomic E-state index is 0.288. The third kappa shape index (κ3) is 2.67. The Kier molecular flexibility index (Phi) is 3.58. The summed E-state index contributed by atoms with van der Waals surface area (Å²) in [5.74, 6) is 1.90. The first-order valence-corrected chi connectivity index (χ1v) is 7.08. The van der Waals surface area contributed by atoms with Gasteiger partial charge in [-0.3, -0.25) is 4.99 Å². The first-order valence-electron chi connectivity index (χ1n) is 7.08. The maximum absolute atomic E-state index is 5.68. The van der Waals surface area contributed by atoms with E-state index in [-0.39, 0.29) is 6.04 Å². The Morgan fingerprint density at radius 3 is 2.79 bits per heavy atom. The zero-order valence-corrected chi connectivity index (χ0v) is 11.4. The van der Waals surface area contributed by atoms with Crippen molar-refractivity contribution in [3.05, 3.63) is 29.8 Å². The Balaban J connectivity index is 1.69. The molecule has 3 rings (SSSR count). The van der Waals surface area contributed by atoms with Crippen molar-refractivity contribution in [2.45, 2.75) is 37.8 Å². The van der Waals surface area contributed by atoms with Crippen LogP contribution in [0.3, 0.4) is 0 Å². The molecule has 0 radical (unpaired) electrons. The molecule has 1 aliphatic heterocycles. The standard InChI is InChI=1S/C15H21N3O/c1-16-15(17-11-5-4-6-11)18-13-9-10-19-14-8-3-2-7-12(13)14/h2-3,7-8,11,13H,4-6,9-10H2,1H3,(H2,16,17,18). The molecule has 0 aromatic heterocycles. The number of aliphatic imine (C=N–C) groups is 1. The highest BCUT2D eigenvalue weighted by Gasteiger charge is 2.24. The topological polar surface area (TPSA) is 45.7 Å². The average molecular weight is 259 g/mol. The maximum atomic E-state index is 5.68. The summed E-state index contributed by atoms with van der Waals surface area (Å²) in [6.45, 7) is 0.759. The van der Waals surface area contributed by atoms with Gasteiger partial charge in [-0.2, -0.15) is 0 Å². The molecule has 2 N–H and O–H groups in total. The smallest absolute Gasteiger partial charge is 0.191 e. The van der Waals surface area contributed by atoms with E-state index in [0.29, 0.717) is 6.04 Å². The molecule has 1 unspecified atom stereocenters. The van der Waals surface area contributed by atoms with E-state index in [1.807, 2.05) is 19.2 Å². The van der Waals surface area contributed by atoms with Crippen LogP contribution in [0, 0.1) is 0 Å². The Bertz CT molecular complexity index is 468. The van der Waals surface area contributed by atoms with E-state index in [1.54, 1.807) is 0 Å². The first kappa shape index (κ1) is 12.3. The van der Waals surface area contributed by atoms with Gasteiger partial charge in [0.15, 0.2) is 5.96 Å². The van der Waals surface area contributed by atoms with Gasteiger partial charge >= 0.3 is 0 Å². The Morgan fingerprint density at radius 2 is 2.05 bits per heavy atom. The lowest BCUT2D eigenvalue weighted by molar-refractivity contribution is 0.261. The van der Waals surface area contributed by atoms with E-state index in [0.717, 1.165) is 24.7 Å². The Morgan fingerprint density at radius 1 is 1.21 bits per heavy atom. The van der Waals surface area contributed by atoms with Gasteiger partial charge in [-0.15, -0.1) is 0 Å². The highest BCUT2D eigenvalue weighted by atomic mass is 16.5. The van der Waals surface area contributed by atoms with Gasteiger partial charge < -0.3 is 15.4 Å². The van der Waals surface area contributed by atoms with E-state index in [9.17, 15) is 0 Å². The lowest BCUT2D eigenvalue weighted by atomic mass is 9.93. The van der Waals surface area contributed by atoms with Gasteiger partial charge in [0.2, 0.25) is 0 Å². The number of para-hydroxylation sites is 1. The molecule has 1 fully saturated rings. The van der Waals surface area contributed by atoms with Crippen molar-refractivity contribution in [1.82, 2.24) is 10.6 Å². The number of benzene rings is 1. The van der Waals surface area contributed by atoms with Crippen LogP contribution in [0.1, 0.15) is 37.3 Å². The third-order valence-electron chi connectivity index (χ3n) is 3.94. The molecule has 1 aromatic rings. The quantitative estimate of drug-likeness (QED) is 0.632. The van der Waals surface area contributed by atoms with Crippen LogP contribution in [-0.2, 0) is 0 Å². The molecule has 4 heteroatoms. The number of nitrogens with one attached hydrogen (secondary N) is 2. The van der Waals surface area contributed by atoms with Crippen molar-refractivity contribution in [2.75, 3.05) is 13.7 Å². The molecule has 1 aromatic carbocycles. The molecule has 0 saturated heterocycles. The van der Waals surface area contributed by atoms with Gasteiger partial charge in [-0.25, -0.2) is 0 Å². The van der Waals surface area contributed by atoms with Crippen molar-refractivity contribution < 1.29 is 4.74 Å². The van der Waals surface area contributed by atoms with Gasteiger partial charge in [0.1, 0.15) is 5.75 Å². The first-order chi connectivity index (χ1) is 9.36. The number of guanidine groups is 1. The van der Waals surface area contributed by atoms with E-state index in [1.165, 1.54) is 24.8 Å². The summed E-state index contributed by atoms with van der Waals surface area (Å²) in [6, 6.07) is 9.12. The van der Waals surface area contributed by atoms with Crippen LogP contribution >= 0.6 is 0 Å². The van der Waals surface area contributed by atoms with Crippen molar-refractivity contribution >= 4 is 5.96 Å². The fourth-order valence-electron chi connectivity index (χ4n) is 2.57. The second-order valence-corrected chi connectivity index (χ2v) is 5.22. The molecule has 1 saturated carbocycles. The van der Waals surface area contributed by atoms with Crippen LogP contribution in [0.5, 0.6) is 5.75 Å². The Hall–Kier alpha value is -1.71. The minimum Gasteiger partial charge on any atom is -0.493 e. The van der Waals surface area contributed by atoms with Crippen LogP contribution in [0.2, 0.25) is 0 Å². The molecule has 1 atom stereocenters. The summed E-state index contributed by atoms with van der Waals surface area (Å²) < 4.78 is 5.68.